The Labute approximate surface area is 116 Å². The minimum absolute atomic E-state index is 0.0582. The van der Waals surface area contributed by atoms with E-state index in [1.807, 2.05) is 0 Å². The highest BCUT2D eigenvalue weighted by Crippen LogP contribution is 2.46. The van der Waals surface area contributed by atoms with Gasteiger partial charge >= 0.3 is 0 Å². The summed E-state index contributed by atoms with van der Waals surface area (Å²) in [5.74, 6) is 0. The molecule has 1 heterocycles. The van der Waals surface area contributed by atoms with E-state index in [1.165, 1.54) is 4.68 Å². The number of rotatable bonds is 5. The molecule has 0 unspecified atom stereocenters. The minimum Gasteiger partial charge on any atom is -0.235 e. The minimum atomic E-state index is -3.56. The van der Waals surface area contributed by atoms with Crippen LogP contribution in [0.15, 0.2) is 9.63 Å². The van der Waals surface area contributed by atoms with Gasteiger partial charge in [-0.2, -0.15) is 0 Å². The first-order valence-electron chi connectivity index (χ1n) is 5.01. The average Bonchev–Trinajstić information content (AvgIpc) is 2.97. The number of sulfonamides is 1. The van der Waals surface area contributed by atoms with E-state index < -0.39 is 10.0 Å². The predicted octanol–water partition coefficient (Wildman–Crippen LogP) is 1.03. The normalized spacial score (nSPS) is 18.3. The lowest BCUT2D eigenvalue weighted by atomic mass is 10.1. The van der Waals surface area contributed by atoms with Crippen LogP contribution in [0.25, 0.3) is 0 Å². The van der Waals surface area contributed by atoms with Crippen molar-refractivity contribution in [3.05, 3.63) is 4.60 Å². The number of alkyl halides is 1. The molecule has 0 bridgehead atoms. The molecule has 1 aliphatic carbocycles. The number of hydrogen-bond donors (Lipinski definition) is 1. The standard InChI is InChI=1S/C8H12Br2N4O2S/c1-14-7(6(10)12-13-14)17(15,16)11-5-8(4-9)2-3-8/h11H,2-5H2,1H3. The number of aryl methyl sites for hydroxylation is 1. The number of nitrogens with zero attached hydrogens (tertiary/aromatic N) is 3. The summed E-state index contributed by atoms with van der Waals surface area (Å²) in [5, 5.41) is 8.19. The van der Waals surface area contributed by atoms with Crippen LogP contribution < -0.4 is 4.72 Å². The van der Waals surface area contributed by atoms with Gasteiger partial charge in [-0.15, -0.1) is 5.10 Å². The third kappa shape index (κ3) is 2.72. The molecule has 1 aliphatic rings. The largest absolute Gasteiger partial charge is 0.260 e. The second kappa shape index (κ2) is 4.60. The van der Waals surface area contributed by atoms with Gasteiger partial charge in [0.15, 0.2) is 4.60 Å². The summed E-state index contributed by atoms with van der Waals surface area (Å²) in [6.07, 6.45) is 2.09. The molecule has 0 spiro atoms. The molecular weight excluding hydrogens is 376 g/mol. The fourth-order valence-corrected chi connectivity index (χ4v) is 4.46. The molecule has 0 aliphatic heterocycles. The molecule has 1 N–H and O–H groups in total. The number of halogens is 2. The van der Waals surface area contributed by atoms with Gasteiger partial charge in [-0.1, -0.05) is 21.1 Å². The van der Waals surface area contributed by atoms with Crippen LogP contribution in [0.2, 0.25) is 0 Å². The van der Waals surface area contributed by atoms with Gasteiger partial charge in [0.05, 0.1) is 0 Å². The van der Waals surface area contributed by atoms with Gasteiger partial charge in [0.1, 0.15) is 0 Å². The molecule has 6 nitrogen and oxygen atoms in total. The Morgan fingerprint density at radius 3 is 2.59 bits per heavy atom. The Morgan fingerprint density at radius 1 is 1.53 bits per heavy atom. The Kier molecular flexibility index (Phi) is 3.64. The summed E-state index contributed by atoms with van der Waals surface area (Å²) >= 11 is 6.49. The molecule has 0 aromatic carbocycles. The van der Waals surface area contributed by atoms with Crippen LogP contribution in [-0.4, -0.2) is 35.3 Å². The van der Waals surface area contributed by atoms with E-state index in [2.05, 4.69) is 46.9 Å². The van der Waals surface area contributed by atoms with E-state index in [0.29, 0.717) is 6.54 Å². The van der Waals surface area contributed by atoms with E-state index in [9.17, 15) is 8.42 Å². The molecule has 96 valence electrons. The van der Waals surface area contributed by atoms with Crippen LogP contribution in [0.4, 0.5) is 0 Å². The lowest BCUT2D eigenvalue weighted by Gasteiger charge is -2.12. The van der Waals surface area contributed by atoms with Crippen molar-refractivity contribution in [2.45, 2.75) is 17.9 Å². The zero-order valence-corrected chi connectivity index (χ0v) is 13.1. The van der Waals surface area contributed by atoms with Crippen LogP contribution in [-0.2, 0) is 17.1 Å². The van der Waals surface area contributed by atoms with Crippen LogP contribution in [0.1, 0.15) is 12.8 Å². The van der Waals surface area contributed by atoms with E-state index in [1.54, 1.807) is 7.05 Å². The lowest BCUT2D eigenvalue weighted by molar-refractivity contribution is 0.527. The number of hydrogen-bond acceptors (Lipinski definition) is 4. The second-order valence-electron chi connectivity index (χ2n) is 4.27. The highest BCUT2D eigenvalue weighted by molar-refractivity contribution is 9.10. The second-order valence-corrected chi connectivity index (χ2v) is 7.26. The molecule has 9 heteroatoms. The third-order valence-corrected chi connectivity index (χ3v) is 6.35. The lowest BCUT2D eigenvalue weighted by Crippen LogP contribution is -2.32. The Balaban J connectivity index is 2.15. The maximum atomic E-state index is 12.1. The van der Waals surface area contributed by atoms with Gasteiger partial charge < -0.3 is 0 Å². The Hall–Kier alpha value is 0.01000. The maximum Gasteiger partial charge on any atom is 0.260 e. The first-order valence-corrected chi connectivity index (χ1v) is 8.41. The first-order chi connectivity index (χ1) is 7.90. The number of nitrogens with one attached hydrogen (secondary N) is 1. The van der Waals surface area contributed by atoms with Gasteiger partial charge in [-0.25, -0.2) is 17.8 Å². The van der Waals surface area contributed by atoms with E-state index >= 15 is 0 Å². The van der Waals surface area contributed by atoms with Crippen molar-refractivity contribution in [3.63, 3.8) is 0 Å². The van der Waals surface area contributed by atoms with Gasteiger partial charge in [0, 0.05) is 18.9 Å². The zero-order valence-electron chi connectivity index (χ0n) is 9.15. The molecule has 0 saturated heterocycles. The monoisotopic (exact) mass is 386 g/mol. The summed E-state index contributed by atoms with van der Waals surface area (Å²) in [5.41, 5.74) is 0.0889. The molecule has 0 amide bonds. The molecule has 17 heavy (non-hydrogen) atoms. The summed E-state index contributed by atoms with van der Waals surface area (Å²) in [7, 11) is -2.02. The van der Waals surface area contributed by atoms with Crippen molar-refractivity contribution in [2.24, 2.45) is 12.5 Å². The van der Waals surface area contributed by atoms with Crippen LogP contribution in [0.3, 0.4) is 0 Å². The Bertz CT molecular complexity index is 504. The van der Waals surface area contributed by atoms with E-state index in [4.69, 9.17) is 0 Å². The molecular formula is C8H12Br2N4O2S. The van der Waals surface area contributed by atoms with Crippen molar-refractivity contribution in [3.8, 4) is 0 Å². The van der Waals surface area contributed by atoms with Crippen molar-refractivity contribution in [1.29, 1.82) is 0 Å². The van der Waals surface area contributed by atoms with Crippen LogP contribution in [0, 0.1) is 5.41 Å². The van der Waals surface area contributed by atoms with Gasteiger partial charge in [-0.3, -0.25) is 0 Å². The summed E-state index contributed by atoms with van der Waals surface area (Å²) in [6.45, 7) is 0.443. The smallest absolute Gasteiger partial charge is 0.235 e. The molecule has 1 fully saturated rings. The predicted molar refractivity (Wildman–Crippen MR) is 69.4 cm³/mol. The SMILES string of the molecule is Cn1nnc(Br)c1S(=O)(=O)NCC1(CBr)CC1. The molecule has 0 radical (unpaired) electrons. The van der Waals surface area contributed by atoms with Crippen molar-refractivity contribution >= 4 is 41.9 Å². The summed E-state index contributed by atoms with van der Waals surface area (Å²) < 4.78 is 28.2. The summed E-state index contributed by atoms with van der Waals surface area (Å²) in [6, 6.07) is 0. The quantitative estimate of drug-likeness (QED) is 0.765. The molecule has 2 rings (SSSR count). The van der Waals surface area contributed by atoms with Gasteiger partial charge in [-0.05, 0) is 34.2 Å². The maximum absolute atomic E-state index is 12.1. The average molecular weight is 388 g/mol. The van der Waals surface area contributed by atoms with E-state index in [0.717, 1.165) is 18.2 Å². The highest BCUT2D eigenvalue weighted by Gasteiger charge is 2.42. The number of aromatic nitrogens is 3. The molecule has 1 aromatic rings. The Morgan fingerprint density at radius 2 is 2.18 bits per heavy atom. The topological polar surface area (TPSA) is 76.9 Å². The molecule has 1 saturated carbocycles. The van der Waals surface area contributed by atoms with Crippen LogP contribution in [0.5, 0.6) is 0 Å². The first kappa shape index (κ1) is 13.4. The summed E-state index contributed by atoms with van der Waals surface area (Å²) in [4.78, 5) is 0. The fourth-order valence-electron chi connectivity index (χ4n) is 1.46. The van der Waals surface area contributed by atoms with Crippen molar-refractivity contribution in [1.82, 2.24) is 19.7 Å². The van der Waals surface area contributed by atoms with Crippen molar-refractivity contribution < 1.29 is 8.42 Å². The third-order valence-electron chi connectivity index (χ3n) is 2.87. The van der Waals surface area contributed by atoms with Gasteiger partial charge in [0.2, 0.25) is 5.03 Å². The molecule has 0 atom stereocenters. The zero-order chi connectivity index (χ0) is 12.7. The van der Waals surface area contributed by atoms with E-state index in [-0.39, 0.29) is 15.0 Å². The van der Waals surface area contributed by atoms with Crippen LogP contribution >= 0.6 is 31.9 Å². The fraction of sp³-hybridized carbons (Fsp3) is 0.750. The molecule has 1 aromatic heterocycles. The van der Waals surface area contributed by atoms with Gasteiger partial charge in [0.25, 0.3) is 10.0 Å². The highest BCUT2D eigenvalue weighted by atomic mass is 79.9. The van der Waals surface area contributed by atoms with Crippen molar-refractivity contribution in [2.75, 3.05) is 11.9 Å².